The summed E-state index contributed by atoms with van der Waals surface area (Å²) in [6.45, 7) is 5.72. The standard InChI is InChI=1S/C24H23ClN2O6/c1-4-6-16-9-15(10-20(31-5-2)23(16)32-14-22(28)30-3)13-26-27-24(29)21-12-17-11-18(25)7-8-19(17)33-21/h4,7-13H,1,5-6,14H2,2-3H3,(H,27,29)/b26-13+. The highest BCUT2D eigenvalue weighted by Gasteiger charge is 2.15. The van der Waals surface area contributed by atoms with Gasteiger partial charge in [-0.15, -0.1) is 6.58 Å². The van der Waals surface area contributed by atoms with E-state index in [1.807, 2.05) is 6.92 Å². The maximum absolute atomic E-state index is 12.4. The van der Waals surface area contributed by atoms with Crippen LogP contribution < -0.4 is 14.9 Å². The summed E-state index contributed by atoms with van der Waals surface area (Å²) >= 11 is 5.97. The Morgan fingerprint density at radius 1 is 1.21 bits per heavy atom. The lowest BCUT2D eigenvalue weighted by Crippen LogP contribution is -2.17. The van der Waals surface area contributed by atoms with Crippen molar-refractivity contribution in [2.75, 3.05) is 20.3 Å². The second-order valence-electron chi connectivity index (χ2n) is 6.79. The lowest BCUT2D eigenvalue weighted by molar-refractivity contribution is -0.142. The Hall–Kier alpha value is -3.78. The van der Waals surface area contributed by atoms with E-state index in [0.29, 0.717) is 40.7 Å². The molecule has 8 nitrogen and oxygen atoms in total. The summed E-state index contributed by atoms with van der Waals surface area (Å²) in [5.41, 5.74) is 4.37. The molecule has 0 radical (unpaired) electrons. The lowest BCUT2D eigenvalue weighted by atomic mass is 10.1. The van der Waals surface area contributed by atoms with Gasteiger partial charge in [0.1, 0.15) is 5.58 Å². The molecule has 0 aliphatic rings. The summed E-state index contributed by atoms with van der Waals surface area (Å²) in [5.74, 6) is -0.0542. The summed E-state index contributed by atoms with van der Waals surface area (Å²) in [7, 11) is 1.29. The van der Waals surface area contributed by atoms with E-state index in [4.69, 9.17) is 25.5 Å². The molecule has 0 bridgehead atoms. The van der Waals surface area contributed by atoms with Crippen LogP contribution in [-0.2, 0) is 16.0 Å². The van der Waals surface area contributed by atoms with E-state index in [1.54, 1.807) is 42.5 Å². The number of hydrazone groups is 1. The van der Waals surface area contributed by atoms with Gasteiger partial charge < -0.3 is 18.6 Å². The molecule has 1 N–H and O–H groups in total. The molecule has 1 aromatic heterocycles. The molecule has 3 rings (SSSR count). The van der Waals surface area contributed by atoms with Crippen LogP contribution in [0.25, 0.3) is 11.0 Å². The van der Waals surface area contributed by atoms with Gasteiger partial charge in [-0.25, -0.2) is 10.2 Å². The largest absolute Gasteiger partial charge is 0.490 e. The predicted molar refractivity (Wildman–Crippen MR) is 125 cm³/mol. The molecular formula is C24H23ClN2O6. The minimum absolute atomic E-state index is 0.110. The summed E-state index contributed by atoms with van der Waals surface area (Å²) in [4.78, 5) is 23.9. The maximum atomic E-state index is 12.4. The Labute approximate surface area is 195 Å². The molecule has 0 atom stereocenters. The monoisotopic (exact) mass is 470 g/mol. The molecule has 1 amide bonds. The maximum Gasteiger partial charge on any atom is 0.343 e. The zero-order chi connectivity index (χ0) is 23.8. The summed E-state index contributed by atoms with van der Waals surface area (Å²) in [6, 6.07) is 10.2. The van der Waals surface area contributed by atoms with Crippen LogP contribution in [0.4, 0.5) is 0 Å². The van der Waals surface area contributed by atoms with Gasteiger partial charge in [0.2, 0.25) is 0 Å². The zero-order valence-electron chi connectivity index (χ0n) is 18.2. The molecule has 0 aliphatic heterocycles. The number of benzene rings is 2. The summed E-state index contributed by atoms with van der Waals surface area (Å²) in [5, 5.41) is 5.28. The fourth-order valence-corrected chi connectivity index (χ4v) is 3.21. The van der Waals surface area contributed by atoms with Gasteiger partial charge >= 0.3 is 11.9 Å². The molecule has 1 heterocycles. The lowest BCUT2D eigenvalue weighted by Gasteiger charge is -2.16. The number of methoxy groups -OCH3 is 1. The summed E-state index contributed by atoms with van der Waals surface area (Å²) in [6.07, 6.45) is 3.63. The number of furan rings is 1. The average molecular weight is 471 g/mol. The third-order valence-electron chi connectivity index (χ3n) is 4.46. The van der Waals surface area contributed by atoms with Gasteiger partial charge in [0.25, 0.3) is 0 Å². The van der Waals surface area contributed by atoms with E-state index in [0.717, 1.165) is 10.9 Å². The Bertz CT molecular complexity index is 1200. The van der Waals surface area contributed by atoms with Gasteiger partial charge in [0.05, 0.1) is 19.9 Å². The minimum Gasteiger partial charge on any atom is -0.490 e. The highest BCUT2D eigenvalue weighted by Crippen LogP contribution is 2.33. The van der Waals surface area contributed by atoms with Crippen molar-refractivity contribution in [1.29, 1.82) is 0 Å². The third kappa shape index (κ3) is 6.14. The highest BCUT2D eigenvalue weighted by molar-refractivity contribution is 6.31. The molecule has 0 spiro atoms. The number of carbonyl (C=O) groups is 2. The predicted octanol–water partition coefficient (Wildman–Crippen LogP) is 4.53. The van der Waals surface area contributed by atoms with E-state index in [9.17, 15) is 9.59 Å². The number of halogens is 1. The van der Waals surface area contributed by atoms with Crippen LogP contribution >= 0.6 is 11.6 Å². The first-order chi connectivity index (χ1) is 15.9. The van der Waals surface area contributed by atoms with E-state index in [1.165, 1.54) is 13.3 Å². The second kappa shape index (κ2) is 11.2. The molecule has 172 valence electrons. The molecule has 0 fully saturated rings. The van der Waals surface area contributed by atoms with Gasteiger partial charge in [-0.2, -0.15) is 5.10 Å². The van der Waals surface area contributed by atoms with E-state index in [-0.39, 0.29) is 12.4 Å². The molecule has 3 aromatic rings. The molecule has 9 heteroatoms. The molecule has 2 aromatic carbocycles. The van der Waals surface area contributed by atoms with Crippen molar-refractivity contribution in [3.63, 3.8) is 0 Å². The van der Waals surface area contributed by atoms with E-state index in [2.05, 4.69) is 21.8 Å². The van der Waals surface area contributed by atoms with Gasteiger partial charge in [-0.3, -0.25) is 4.79 Å². The van der Waals surface area contributed by atoms with Crippen molar-refractivity contribution in [2.45, 2.75) is 13.3 Å². The van der Waals surface area contributed by atoms with Crippen LogP contribution in [0.15, 0.2) is 58.6 Å². The van der Waals surface area contributed by atoms with Gasteiger partial charge in [0.15, 0.2) is 23.9 Å². The van der Waals surface area contributed by atoms with Crippen molar-refractivity contribution in [3.05, 3.63) is 71.0 Å². The first kappa shape index (κ1) is 23.9. The molecular weight excluding hydrogens is 448 g/mol. The third-order valence-corrected chi connectivity index (χ3v) is 4.70. The van der Waals surface area contributed by atoms with Crippen molar-refractivity contribution in [3.8, 4) is 11.5 Å². The Morgan fingerprint density at radius 2 is 2.03 bits per heavy atom. The van der Waals surface area contributed by atoms with Crippen LogP contribution in [0.1, 0.15) is 28.6 Å². The first-order valence-electron chi connectivity index (χ1n) is 10.1. The molecule has 33 heavy (non-hydrogen) atoms. The quantitative estimate of drug-likeness (QED) is 0.202. The Balaban J connectivity index is 1.79. The number of esters is 1. The van der Waals surface area contributed by atoms with Crippen molar-refractivity contribution in [2.24, 2.45) is 5.10 Å². The number of rotatable bonds is 10. The molecule has 0 unspecified atom stereocenters. The normalized spacial score (nSPS) is 10.9. The molecule has 0 saturated heterocycles. The fourth-order valence-electron chi connectivity index (χ4n) is 3.03. The summed E-state index contributed by atoms with van der Waals surface area (Å²) < 4.78 is 21.5. The van der Waals surface area contributed by atoms with E-state index >= 15 is 0 Å². The fraction of sp³-hybridized carbons (Fsp3) is 0.208. The van der Waals surface area contributed by atoms with Gasteiger partial charge in [-0.1, -0.05) is 17.7 Å². The Kier molecular flexibility index (Phi) is 8.10. The first-order valence-corrected chi connectivity index (χ1v) is 10.5. The van der Waals surface area contributed by atoms with Crippen LogP contribution in [0, 0.1) is 0 Å². The number of hydrogen-bond acceptors (Lipinski definition) is 7. The number of fused-ring (bicyclic) bond motifs is 1. The van der Waals surface area contributed by atoms with Crippen molar-refractivity contribution in [1.82, 2.24) is 5.43 Å². The van der Waals surface area contributed by atoms with Crippen molar-refractivity contribution >= 4 is 40.7 Å². The van der Waals surface area contributed by atoms with Crippen LogP contribution in [-0.4, -0.2) is 38.4 Å². The number of amides is 1. The van der Waals surface area contributed by atoms with Gasteiger partial charge in [-0.05, 0) is 55.3 Å². The zero-order valence-corrected chi connectivity index (χ0v) is 19.0. The minimum atomic E-state index is -0.511. The second-order valence-corrected chi connectivity index (χ2v) is 7.23. The van der Waals surface area contributed by atoms with Crippen LogP contribution in [0.3, 0.4) is 0 Å². The van der Waals surface area contributed by atoms with Crippen LogP contribution in [0.2, 0.25) is 5.02 Å². The SMILES string of the molecule is C=CCc1cc(/C=N/NC(=O)c2cc3cc(Cl)ccc3o2)cc(OCC)c1OCC(=O)OC. The topological polar surface area (TPSA) is 99.4 Å². The van der Waals surface area contributed by atoms with E-state index < -0.39 is 11.9 Å². The average Bonchev–Trinajstić information content (AvgIpc) is 3.22. The van der Waals surface area contributed by atoms with Crippen LogP contribution in [0.5, 0.6) is 11.5 Å². The number of nitrogens with one attached hydrogen (secondary N) is 1. The highest BCUT2D eigenvalue weighted by atomic mass is 35.5. The number of hydrogen-bond donors (Lipinski definition) is 1. The number of carbonyl (C=O) groups excluding carboxylic acids is 2. The van der Waals surface area contributed by atoms with Crippen molar-refractivity contribution < 1.29 is 28.2 Å². The molecule has 0 saturated carbocycles. The Morgan fingerprint density at radius 3 is 2.76 bits per heavy atom. The number of allylic oxidation sites excluding steroid dienone is 1. The number of ether oxygens (including phenoxy) is 3. The number of nitrogens with zero attached hydrogens (tertiary/aromatic N) is 1. The smallest absolute Gasteiger partial charge is 0.343 e. The van der Waals surface area contributed by atoms with Gasteiger partial charge in [0, 0.05) is 16.0 Å². The molecule has 0 aliphatic carbocycles.